The number of hydrogen-bond acceptors (Lipinski definition) is 3. The summed E-state index contributed by atoms with van der Waals surface area (Å²) in [6.45, 7) is 1.89. The van der Waals surface area contributed by atoms with Crippen molar-refractivity contribution in [3.05, 3.63) is 83.9 Å². The molecule has 0 fully saturated rings. The predicted molar refractivity (Wildman–Crippen MR) is 93.8 cm³/mol. The molecule has 0 aliphatic rings. The standard InChI is InChI=1S/C20H17NO3/c1-14-10-11-19(22)18(12-14)21-20(23)15-6-5-9-17(13-15)24-16-7-3-2-4-8-16/h2-13,22H,1H3,(H,21,23). The van der Waals surface area contributed by atoms with Gasteiger partial charge in [-0.25, -0.2) is 0 Å². The predicted octanol–water partition coefficient (Wildman–Crippen LogP) is 4.75. The normalized spacial score (nSPS) is 10.2. The van der Waals surface area contributed by atoms with Crippen LogP contribution >= 0.6 is 0 Å². The average molecular weight is 319 g/mol. The largest absolute Gasteiger partial charge is 0.506 e. The Hall–Kier alpha value is -3.27. The second-order valence-electron chi connectivity index (χ2n) is 5.42. The third-order valence-corrected chi connectivity index (χ3v) is 3.48. The van der Waals surface area contributed by atoms with E-state index in [-0.39, 0.29) is 11.7 Å². The molecule has 1 amide bonds. The number of benzene rings is 3. The maximum absolute atomic E-state index is 12.4. The first-order valence-corrected chi connectivity index (χ1v) is 7.56. The molecular formula is C20H17NO3. The number of phenolic OH excluding ortho intramolecular Hbond substituents is 1. The van der Waals surface area contributed by atoms with Crippen LogP contribution in [0.15, 0.2) is 72.8 Å². The Labute approximate surface area is 140 Å². The van der Waals surface area contributed by atoms with Gasteiger partial charge in [-0.15, -0.1) is 0 Å². The van der Waals surface area contributed by atoms with Crippen LogP contribution < -0.4 is 10.1 Å². The van der Waals surface area contributed by atoms with Crippen LogP contribution in [-0.2, 0) is 0 Å². The van der Waals surface area contributed by atoms with Gasteiger partial charge >= 0.3 is 0 Å². The molecule has 24 heavy (non-hydrogen) atoms. The number of rotatable bonds is 4. The number of aromatic hydroxyl groups is 1. The van der Waals surface area contributed by atoms with Crippen molar-refractivity contribution in [1.29, 1.82) is 0 Å². The Kier molecular flexibility index (Phi) is 4.47. The average Bonchev–Trinajstić information content (AvgIpc) is 2.59. The van der Waals surface area contributed by atoms with Crippen molar-refractivity contribution < 1.29 is 14.6 Å². The highest BCUT2D eigenvalue weighted by atomic mass is 16.5. The summed E-state index contributed by atoms with van der Waals surface area (Å²) in [5, 5.41) is 12.6. The number of hydrogen-bond donors (Lipinski definition) is 2. The Morgan fingerprint density at radius 3 is 2.46 bits per heavy atom. The molecule has 0 aliphatic heterocycles. The van der Waals surface area contributed by atoms with E-state index in [9.17, 15) is 9.90 Å². The Morgan fingerprint density at radius 2 is 1.67 bits per heavy atom. The van der Waals surface area contributed by atoms with E-state index in [0.29, 0.717) is 22.7 Å². The van der Waals surface area contributed by atoms with Gasteiger partial charge in [0.15, 0.2) is 0 Å². The molecule has 4 heteroatoms. The third-order valence-electron chi connectivity index (χ3n) is 3.48. The second-order valence-corrected chi connectivity index (χ2v) is 5.42. The van der Waals surface area contributed by atoms with Crippen LogP contribution in [0.5, 0.6) is 17.2 Å². The molecule has 0 radical (unpaired) electrons. The van der Waals surface area contributed by atoms with Gasteiger partial charge < -0.3 is 15.2 Å². The van der Waals surface area contributed by atoms with Crippen molar-refractivity contribution in [2.75, 3.05) is 5.32 Å². The fourth-order valence-electron chi connectivity index (χ4n) is 2.27. The summed E-state index contributed by atoms with van der Waals surface area (Å²) >= 11 is 0. The van der Waals surface area contributed by atoms with Crippen molar-refractivity contribution in [3.8, 4) is 17.2 Å². The summed E-state index contributed by atoms with van der Waals surface area (Å²) < 4.78 is 5.73. The van der Waals surface area contributed by atoms with Crippen LogP contribution in [0.2, 0.25) is 0 Å². The molecule has 0 atom stereocenters. The maximum atomic E-state index is 12.4. The summed E-state index contributed by atoms with van der Waals surface area (Å²) in [7, 11) is 0. The zero-order chi connectivity index (χ0) is 16.9. The lowest BCUT2D eigenvalue weighted by Gasteiger charge is -2.10. The first-order chi connectivity index (χ1) is 11.6. The number of carbonyl (C=O) groups excluding carboxylic acids is 1. The molecule has 4 nitrogen and oxygen atoms in total. The van der Waals surface area contributed by atoms with Gasteiger partial charge in [-0.05, 0) is 55.0 Å². The van der Waals surface area contributed by atoms with Gasteiger partial charge in [0, 0.05) is 5.56 Å². The fraction of sp³-hybridized carbons (Fsp3) is 0.0500. The van der Waals surface area contributed by atoms with E-state index >= 15 is 0 Å². The van der Waals surface area contributed by atoms with Gasteiger partial charge in [-0.3, -0.25) is 4.79 Å². The van der Waals surface area contributed by atoms with Crippen molar-refractivity contribution in [2.45, 2.75) is 6.92 Å². The third kappa shape index (κ3) is 3.73. The van der Waals surface area contributed by atoms with Gasteiger partial charge in [0.2, 0.25) is 0 Å². The lowest BCUT2D eigenvalue weighted by atomic mass is 10.1. The van der Waals surface area contributed by atoms with Gasteiger partial charge in [0.05, 0.1) is 5.69 Å². The van der Waals surface area contributed by atoms with E-state index in [4.69, 9.17) is 4.74 Å². The number of amides is 1. The van der Waals surface area contributed by atoms with Crippen molar-refractivity contribution in [1.82, 2.24) is 0 Å². The van der Waals surface area contributed by atoms with Crippen LogP contribution in [0.4, 0.5) is 5.69 Å². The molecule has 0 heterocycles. The highest BCUT2D eigenvalue weighted by Crippen LogP contribution is 2.26. The van der Waals surface area contributed by atoms with Gasteiger partial charge in [-0.2, -0.15) is 0 Å². The van der Waals surface area contributed by atoms with Crippen molar-refractivity contribution in [2.24, 2.45) is 0 Å². The minimum atomic E-state index is -0.311. The molecule has 0 spiro atoms. The smallest absolute Gasteiger partial charge is 0.255 e. The minimum absolute atomic E-state index is 0.0330. The molecular weight excluding hydrogens is 302 g/mol. The molecule has 120 valence electrons. The molecule has 0 aliphatic carbocycles. The van der Waals surface area contributed by atoms with Crippen molar-refractivity contribution >= 4 is 11.6 Å². The molecule has 0 saturated carbocycles. The van der Waals surface area contributed by atoms with E-state index in [1.807, 2.05) is 37.3 Å². The zero-order valence-electron chi connectivity index (χ0n) is 13.2. The zero-order valence-corrected chi connectivity index (χ0v) is 13.2. The quantitative estimate of drug-likeness (QED) is 0.683. The number of anilines is 1. The van der Waals surface area contributed by atoms with E-state index in [2.05, 4.69) is 5.32 Å². The summed E-state index contributed by atoms with van der Waals surface area (Å²) in [6, 6.07) is 21.3. The van der Waals surface area contributed by atoms with Crippen LogP contribution in [0, 0.1) is 6.92 Å². The molecule has 0 aromatic heterocycles. The van der Waals surface area contributed by atoms with Gasteiger partial charge in [0.1, 0.15) is 17.2 Å². The first kappa shape index (κ1) is 15.6. The Balaban J connectivity index is 1.78. The highest BCUT2D eigenvalue weighted by molar-refractivity contribution is 6.05. The van der Waals surface area contributed by atoms with Crippen LogP contribution in [0.3, 0.4) is 0 Å². The number of phenols is 1. The Morgan fingerprint density at radius 1 is 0.917 bits per heavy atom. The van der Waals surface area contributed by atoms with Gasteiger partial charge in [-0.1, -0.05) is 30.3 Å². The monoisotopic (exact) mass is 319 g/mol. The van der Waals surface area contributed by atoms with Gasteiger partial charge in [0.25, 0.3) is 5.91 Å². The first-order valence-electron chi connectivity index (χ1n) is 7.56. The molecule has 3 aromatic rings. The number of para-hydroxylation sites is 1. The summed E-state index contributed by atoms with van der Waals surface area (Å²) in [4.78, 5) is 12.4. The second kappa shape index (κ2) is 6.87. The summed E-state index contributed by atoms with van der Waals surface area (Å²) in [6.07, 6.45) is 0. The molecule has 0 bridgehead atoms. The number of aryl methyl sites for hydroxylation is 1. The lowest BCUT2D eigenvalue weighted by Crippen LogP contribution is -2.12. The van der Waals surface area contributed by atoms with Crippen LogP contribution in [-0.4, -0.2) is 11.0 Å². The SMILES string of the molecule is Cc1ccc(O)c(NC(=O)c2cccc(Oc3ccccc3)c2)c1. The Bertz CT molecular complexity index is 860. The lowest BCUT2D eigenvalue weighted by molar-refractivity contribution is 0.102. The molecule has 3 rings (SSSR count). The van der Waals surface area contributed by atoms with E-state index in [1.54, 1.807) is 42.5 Å². The van der Waals surface area contributed by atoms with Crippen LogP contribution in [0.1, 0.15) is 15.9 Å². The van der Waals surface area contributed by atoms with E-state index in [1.165, 1.54) is 0 Å². The molecule has 0 saturated heterocycles. The topological polar surface area (TPSA) is 58.6 Å². The molecule has 3 aromatic carbocycles. The number of nitrogens with one attached hydrogen (secondary N) is 1. The minimum Gasteiger partial charge on any atom is -0.506 e. The fourth-order valence-corrected chi connectivity index (χ4v) is 2.27. The highest BCUT2D eigenvalue weighted by Gasteiger charge is 2.10. The van der Waals surface area contributed by atoms with E-state index in [0.717, 1.165) is 5.56 Å². The van der Waals surface area contributed by atoms with Crippen molar-refractivity contribution in [3.63, 3.8) is 0 Å². The van der Waals surface area contributed by atoms with E-state index < -0.39 is 0 Å². The summed E-state index contributed by atoms with van der Waals surface area (Å²) in [5.74, 6) is 0.994. The molecule has 0 unspecified atom stereocenters. The van der Waals surface area contributed by atoms with Crippen LogP contribution in [0.25, 0.3) is 0 Å². The number of carbonyl (C=O) groups is 1. The summed E-state index contributed by atoms with van der Waals surface area (Å²) in [5.41, 5.74) is 1.78. The number of ether oxygens (including phenoxy) is 1. The maximum Gasteiger partial charge on any atom is 0.255 e. The molecule has 2 N–H and O–H groups in total.